The fourth-order valence-corrected chi connectivity index (χ4v) is 1.78. The normalized spacial score (nSPS) is 10.2. The summed E-state index contributed by atoms with van der Waals surface area (Å²) in [4.78, 5) is 12.2. The summed E-state index contributed by atoms with van der Waals surface area (Å²) in [5.74, 6) is -0.0841. The van der Waals surface area contributed by atoms with E-state index in [4.69, 9.17) is 17.3 Å². The van der Waals surface area contributed by atoms with Crippen molar-refractivity contribution < 1.29 is 4.79 Å². The van der Waals surface area contributed by atoms with Gasteiger partial charge >= 0.3 is 0 Å². The maximum absolute atomic E-state index is 12.2. The van der Waals surface area contributed by atoms with Crippen LogP contribution < -0.4 is 5.73 Å². The number of hydrogen-bond donors (Lipinski definition) is 1. The molecule has 3 heteroatoms. The third kappa shape index (κ3) is 2.48. The molecule has 0 saturated heterocycles. The lowest BCUT2D eigenvalue weighted by Gasteiger charge is -2.05. The van der Waals surface area contributed by atoms with E-state index in [0.29, 0.717) is 21.8 Å². The molecule has 0 atom stereocenters. The Kier molecular flexibility index (Phi) is 3.16. The summed E-state index contributed by atoms with van der Waals surface area (Å²) in [5.41, 5.74) is 8.42. The average molecular weight is 246 g/mol. The number of carbonyl (C=O) groups excluding carboxylic acids is 1. The zero-order valence-corrected chi connectivity index (χ0v) is 10.2. The smallest absolute Gasteiger partial charge is 0.195 e. The van der Waals surface area contributed by atoms with Crippen LogP contribution in [0.15, 0.2) is 42.5 Å². The molecule has 0 spiro atoms. The first-order valence-electron chi connectivity index (χ1n) is 5.24. The van der Waals surface area contributed by atoms with E-state index in [0.717, 1.165) is 5.56 Å². The van der Waals surface area contributed by atoms with E-state index < -0.39 is 0 Å². The summed E-state index contributed by atoms with van der Waals surface area (Å²) >= 11 is 5.80. The summed E-state index contributed by atoms with van der Waals surface area (Å²) in [6.45, 7) is 1.98. The molecule has 2 N–H and O–H groups in total. The number of carbonyl (C=O) groups is 1. The van der Waals surface area contributed by atoms with E-state index in [-0.39, 0.29) is 5.78 Å². The predicted molar refractivity (Wildman–Crippen MR) is 70.5 cm³/mol. The lowest BCUT2D eigenvalue weighted by Crippen LogP contribution is -2.05. The quantitative estimate of drug-likeness (QED) is 0.650. The number of hydrogen-bond acceptors (Lipinski definition) is 2. The van der Waals surface area contributed by atoms with Crippen molar-refractivity contribution in [2.45, 2.75) is 6.92 Å². The fraction of sp³-hybridized carbons (Fsp3) is 0.0714. The first-order chi connectivity index (χ1) is 8.08. The lowest BCUT2D eigenvalue weighted by molar-refractivity contribution is 0.103. The zero-order chi connectivity index (χ0) is 12.4. The standard InChI is InChI=1S/C14H12ClNO/c1-9-2-4-10(5-3-9)14(17)12-7-6-11(15)8-13(12)16/h2-8H,16H2,1H3. The second-order valence-corrected chi connectivity index (χ2v) is 4.36. The largest absolute Gasteiger partial charge is 0.398 e. The number of halogens is 1. The minimum atomic E-state index is -0.0841. The van der Waals surface area contributed by atoms with E-state index in [2.05, 4.69) is 0 Å². The van der Waals surface area contributed by atoms with Crippen LogP contribution in [0.1, 0.15) is 21.5 Å². The molecular weight excluding hydrogens is 234 g/mol. The van der Waals surface area contributed by atoms with Gasteiger partial charge in [-0.05, 0) is 25.1 Å². The Morgan fingerprint density at radius 3 is 2.35 bits per heavy atom. The van der Waals surface area contributed by atoms with E-state index in [9.17, 15) is 4.79 Å². The molecule has 17 heavy (non-hydrogen) atoms. The highest BCUT2D eigenvalue weighted by Gasteiger charge is 2.12. The number of anilines is 1. The van der Waals surface area contributed by atoms with Gasteiger partial charge in [0, 0.05) is 21.8 Å². The van der Waals surface area contributed by atoms with Crippen molar-refractivity contribution in [3.8, 4) is 0 Å². The van der Waals surface area contributed by atoms with Crippen LogP contribution in [0.5, 0.6) is 0 Å². The van der Waals surface area contributed by atoms with Gasteiger partial charge in [-0.15, -0.1) is 0 Å². The number of benzene rings is 2. The van der Waals surface area contributed by atoms with Crippen molar-refractivity contribution in [3.05, 3.63) is 64.2 Å². The fourth-order valence-electron chi connectivity index (χ4n) is 1.60. The Morgan fingerprint density at radius 1 is 1.12 bits per heavy atom. The SMILES string of the molecule is Cc1ccc(C(=O)c2ccc(Cl)cc2N)cc1. The van der Waals surface area contributed by atoms with Gasteiger partial charge in [0.2, 0.25) is 0 Å². The molecule has 2 aromatic carbocycles. The van der Waals surface area contributed by atoms with Gasteiger partial charge in [-0.3, -0.25) is 4.79 Å². The average Bonchev–Trinajstić information content (AvgIpc) is 2.29. The Bertz CT molecular complexity index is 561. The topological polar surface area (TPSA) is 43.1 Å². The van der Waals surface area contributed by atoms with Gasteiger partial charge in [-0.25, -0.2) is 0 Å². The molecule has 2 aromatic rings. The Labute approximate surface area is 105 Å². The molecule has 0 bridgehead atoms. The third-order valence-corrected chi connectivity index (χ3v) is 2.81. The molecule has 0 aromatic heterocycles. The second kappa shape index (κ2) is 4.60. The number of aryl methyl sites for hydroxylation is 1. The summed E-state index contributed by atoms with van der Waals surface area (Å²) in [5, 5.41) is 0.531. The van der Waals surface area contributed by atoms with Gasteiger partial charge in [0.25, 0.3) is 0 Å². The predicted octanol–water partition coefficient (Wildman–Crippen LogP) is 3.46. The van der Waals surface area contributed by atoms with Crippen LogP contribution >= 0.6 is 11.6 Å². The molecule has 2 nitrogen and oxygen atoms in total. The Balaban J connectivity index is 2.40. The first-order valence-corrected chi connectivity index (χ1v) is 5.62. The molecule has 0 aliphatic carbocycles. The van der Waals surface area contributed by atoms with Gasteiger partial charge in [-0.1, -0.05) is 41.4 Å². The molecule has 0 amide bonds. The Hall–Kier alpha value is -1.80. The molecule has 86 valence electrons. The molecule has 0 fully saturated rings. The van der Waals surface area contributed by atoms with Crippen molar-refractivity contribution in [2.75, 3.05) is 5.73 Å². The van der Waals surface area contributed by atoms with E-state index >= 15 is 0 Å². The number of ketones is 1. The van der Waals surface area contributed by atoms with Crippen LogP contribution in [0.4, 0.5) is 5.69 Å². The van der Waals surface area contributed by atoms with Crippen LogP contribution in [-0.2, 0) is 0 Å². The summed E-state index contributed by atoms with van der Waals surface area (Å²) in [6, 6.07) is 12.3. The van der Waals surface area contributed by atoms with Crippen LogP contribution in [0, 0.1) is 6.92 Å². The van der Waals surface area contributed by atoms with Crippen molar-refractivity contribution in [1.29, 1.82) is 0 Å². The highest BCUT2D eigenvalue weighted by molar-refractivity contribution is 6.31. The molecule has 0 aliphatic heterocycles. The lowest BCUT2D eigenvalue weighted by atomic mass is 10.0. The van der Waals surface area contributed by atoms with Crippen molar-refractivity contribution in [1.82, 2.24) is 0 Å². The summed E-state index contributed by atoms with van der Waals surface area (Å²) in [7, 11) is 0. The Morgan fingerprint density at radius 2 is 1.76 bits per heavy atom. The van der Waals surface area contributed by atoms with E-state index in [1.54, 1.807) is 30.3 Å². The van der Waals surface area contributed by atoms with Gasteiger partial charge in [-0.2, -0.15) is 0 Å². The summed E-state index contributed by atoms with van der Waals surface area (Å²) in [6.07, 6.45) is 0. The van der Waals surface area contributed by atoms with Crippen LogP contribution in [-0.4, -0.2) is 5.78 Å². The van der Waals surface area contributed by atoms with E-state index in [1.165, 1.54) is 0 Å². The van der Waals surface area contributed by atoms with E-state index in [1.807, 2.05) is 19.1 Å². The number of rotatable bonds is 2. The second-order valence-electron chi connectivity index (χ2n) is 3.93. The van der Waals surface area contributed by atoms with Crippen molar-refractivity contribution in [3.63, 3.8) is 0 Å². The molecule has 0 unspecified atom stereocenters. The molecule has 0 radical (unpaired) electrons. The monoisotopic (exact) mass is 245 g/mol. The van der Waals surface area contributed by atoms with Crippen LogP contribution in [0.25, 0.3) is 0 Å². The molecule has 0 aliphatic rings. The van der Waals surface area contributed by atoms with Crippen LogP contribution in [0.2, 0.25) is 5.02 Å². The maximum Gasteiger partial charge on any atom is 0.195 e. The maximum atomic E-state index is 12.2. The highest BCUT2D eigenvalue weighted by atomic mass is 35.5. The molecule has 0 saturated carbocycles. The first kappa shape index (κ1) is 11.7. The zero-order valence-electron chi connectivity index (χ0n) is 9.41. The minimum Gasteiger partial charge on any atom is -0.398 e. The molecule has 2 rings (SSSR count). The third-order valence-electron chi connectivity index (χ3n) is 2.57. The summed E-state index contributed by atoms with van der Waals surface area (Å²) < 4.78 is 0. The molecule has 0 heterocycles. The van der Waals surface area contributed by atoms with Gasteiger partial charge < -0.3 is 5.73 Å². The number of nitrogens with two attached hydrogens (primary N) is 1. The van der Waals surface area contributed by atoms with Gasteiger partial charge in [0.1, 0.15) is 0 Å². The van der Waals surface area contributed by atoms with Gasteiger partial charge in [0.15, 0.2) is 5.78 Å². The molecular formula is C14H12ClNO. The number of nitrogen functional groups attached to an aromatic ring is 1. The highest BCUT2D eigenvalue weighted by Crippen LogP contribution is 2.21. The van der Waals surface area contributed by atoms with Crippen molar-refractivity contribution in [2.24, 2.45) is 0 Å². The van der Waals surface area contributed by atoms with Crippen molar-refractivity contribution >= 4 is 23.1 Å². The van der Waals surface area contributed by atoms with Crippen LogP contribution in [0.3, 0.4) is 0 Å². The van der Waals surface area contributed by atoms with Gasteiger partial charge in [0.05, 0.1) is 0 Å². The minimum absolute atomic E-state index is 0.0841.